The van der Waals surface area contributed by atoms with Crippen LogP contribution in [-0.4, -0.2) is 55.2 Å². The Morgan fingerprint density at radius 1 is 1.20 bits per heavy atom. The lowest BCUT2D eigenvalue weighted by Crippen LogP contribution is -2.53. The number of amides is 1. The van der Waals surface area contributed by atoms with Crippen molar-refractivity contribution in [2.75, 3.05) is 27.2 Å². The number of fused-ring (bicyclic) bond motifs is 4. The maximum Gasteiger partial charge on any atom is 0.409 e. The number of ether oxygens (including phenoxy) is 1. The average Bonchev–Trinajstić information content (AvgIpc) is 3.21. The number of rotatable bonds is 2. The van der Waals surface area contributed by atoms with Gasteiger partial charge in [0.2, 0.25) is 0 Å². The van der Waals surface area contributed by atoms with Gasteiger partial charge in [-0.25, -0.2) is 4.79 Å². The monoisotopic (exact) mass is 414 g/mol. The van der Waals surface area contributed by atoms with Gasteiger partial charge in [0.15, 0.2) is 0 Å². The Morgan fingerprint density at radius 2 is 1.97 bits per heavy atom. The van der Waals surface area contributed by atoms with Crippen LogP contribution < -0.4 is 0 Å². The lowest BCUT2D eigenvalue weighted by atomic mass is 9.47. The van der Waals surface area contributed by atoms with E-state index in [0.29, 0.717) is 23.5 Å². The lowest BCUT2D eigenvalue weighted by Gasteiger charge is -2.58. The first-order chi connectivity index (χ1) is 14.3. The van der Waals surface area contributed by atoms with Gasteiger partial charge in [-0.1, -0.05) is 18.6 Å². The molecule has 0 bridgehead atoms. The smallest absolute Gasteiger partial charge is 0.409 e. The first-order valence-corrected chi connectivity index (χ1v) is 12.6. The molecule has 1 amide bonds. The van der Waals surface area contributed by atoms with Gasteiger partial charge < -0.3 is 14.5 Å². The molecule has 3 saturated carbocycles. The van der Waals surface area contributed by atoms with Crippen LogP contribution in [0.3, 0.4) is 0 Å². The molecule has 1 spiro atoms. The van der Waals surface area contributed by atoms with Crippen molar-refractivity contribution in [3.05, 3.63) is 11.6 Å². The Balaban J connectivity index is 1.37. The van der Waals surface area contributed by atoms with Crippen molar-refractivity contribution in [2.24, 2.45) is 34.5 Å². The fourth-order valence-electron chi connectivity index (χ4n) is 9.15. The summed E-state index contributed by atoms with van der Waals surface area (Å²) in [4.78, 5) is 16.8. The van der Waals surface area contributed by atoms with Gasteiger partial charge in [-0.2, -0.15) is 0 Å². The van der Waals surface area contributed by atoms with Gasteiger partial charge in [-0.15, -0.1) is 0 Å². The maximum absolute atomic E-state index is 12.3. The highest BCUT2D eigenvalue weighted by Crippen LogP contribution is 2.68. The van der Waals surface area contributed by atoms with Crippen LogP contribution in [0.1, 0.15) is 72.1 Å². The van der Waals surface area contributed by atoms with Gasteiger partial charge in [0.25, 0.3) is 0 Å². The Bertz CT molecular complexity index is 735. The van der Waals surface area contributed by atoms with E-state index in [0.717, 1.165) is 42.6 Å². The minimum Gasteiger partial charge on any atom is -0.450 e. The molecule has 0 aromatic carbocycles. The summed E-state index contributed by atoms with van der Waals surface area (Å²) in [5.41, 5.74) is 2.61. The van der Waals surface area contributed by atoms with E-state index < -0.39 is 0 Å². The van der Waals surface area contributed by atoms with Crippen LogP contribution in [0, 0.1) is 34.5 Å². The number of hydrogen-bond acceptors (Lipinski definition) is 3. The van der Waals surface area contributed by atoms with Crippen LogP contribution in [0.2, 0.25) is 0 Å². The molecule has 1 unspecified atom stereocenters. The Kier molecular flexibility index (Phi) is 5.04. The third-order valence-electron chi connectivity index (χ3n) is 10.8. The minimum atomic E-state index is -0.156. The summed E-state index contributed by atoms with van der Waals surface area (Å²) in [6.07, 6.45) is 12.9. The van der Waals surface area contributed by atoms with Crippen molar-refractivity contribution in [3.63, 3.8) is 0 Å². The first kappa shape index (κ1) is 20.8. The molecule has 4 nitrogen and oxygen atoms in total. The van der Waals surface area contributed by atoms with E-state index >= 15 is 0 Å². The molecule has 1 heterocycles. The molecule has 4 fully saturated rings. The molecule has 0 radical (unpaired) electrons. The van der Waals surface area contributed by atoms with Crippen molar-refractivity contribution in [1.82, 2.24) is 9.80 Å². The Morgan fingerprint density at radius 3 is 2.73 bits per heavy atom. The summed E-state index contributed by atoms with van der Waals surface area (Å²) in [5.74, 6) is 3.60. The number of carbonyl (C=O) groups excluding carboxylic acids is 1. The first-order valence-electron chi connectivity index (χ1n) is 12.6. The van der Waals surface area contributed by atoms with Crippen LogP contribution in [0.4, 0.5) is 4.79 Å². The van der Waals surface area contributed by atoms with Crippen LogP contribution in [0.5, 0.6) is 0 Å². The molecular weight excluding hydrogens is 372 g/mol. The Hall–Kier alpha value is -1.03. The van der Waals surface area contributed by atoms with E-state index in [4.69, 9.17) is 4.74 Å². The molecule has 168 valence electrons. The predicted molar refractivity (Wildman–Crippen MR) is 120 cm³/mol. The normalized spacial score (nSPS) is 47.6. The van der Waals surface area contributed by atoms with E-state index in [1.54, 1.807) is 5.57 Å². The summed E-state index contributed by atoms with van der Waals surface area (Å²) >= 11 is 0. The van der Waals surface area contributed by atoms with Crippen molar-refractivity contribution in [2.45, 2.75) is 84.2 Å². The molecule has 5 aliphatic rings. The summed E-state index contributed by atoms with van der Waals surface area (Å²) in [7, 11) is 4.29. The summed E-state index contributed by atoms with van der Waals surface area (Å²) < 4.78 is 5.27. The second kappa shape index (κ2) is 7.25. The fraction of sp³-hybridized carbons (Fsp3) is 0.885. The van der Waals surface area contributed by atoms with Gasteiger partial charge in [0.1, 0.15) is 0 Å². The van der Waals surface area contributed by atoms with Crippen molar-refractivity contribution >= 4 is 6.09 Å². The molecule has 1 saturated heterocycles. The van der Waals surface area contributed by atoms with Gasteiger partial charge in [-0.05, 0) is 107 Å². The van der Waals surface area contributed by atoms with E-state index in [9.17, 15) is 4.79 Å². The highest BCUT2D eigenvalue weighted by atomic mass is 16.6. The van der Waals surface area contributed by atoms with E-state index in [2.05, 4.69) is 31.9 Å². The third-order valence-corrected chi connectivity index (χ3v) is 10.8. The molecule has 4 heteroatoms. The molecule has 5 rings (SSSR count). The van der Waals surface area contributed by atoms with Crippen molar-refractivity contribution < 1.29 is 9.53 Å². The molecule has 30 heavy (non-hydrogen) atoms. The van der Waals surface area contributed by atoms with Crippen molar-refractivity contribution in [3.8, 4) is 0 Å². The van der Waals surface area contributed by atoms with E-state index in [1.165, 1.54) is 45.1 Å². The topological polar surface area (TPSA) is 32.8 Å². The second-order valence-electron chi connectivity index (χ2n) is 11.6. The van der Waals surface area contributed by atoms with Gasteiger partial charge >= 0.3 is 6.09 Å². The van der Waals surface area contributed by atoms with Crippen LogP contribution in [-0.2, 0) is 4.74 Å². The largest absolute Gasteiger partial charge is 0.450 e. The van der Waals surface area contributed by atoms with Crippen molar-refractivity contribution in [1.29, 1.82) is 0 Å². The fourth-order valence-corrected chi connectivity index (χ4v) is 9.15. The number of likely N-dealkylation sites (tertiary alicyclic amines) is 1. The zero-order valence-electron chi connectivity index (χ0n) is 19.8. The van der Waals surface area contributed by atoms with E-state index in [1.807, 2.05) is 18.9 Å². The summed E-state index contributed by atoms with van der Waals surface area (Å²) in [6, 6.07) is 1.07. The quantitative estimate of drug-likeness (QED) is 0.572. The van der Waals surface area contributed by atoms with Gasteiger partial charge in [0, 0.05) is 25.7 Å². The summed E-state index contributed by atoms with van der Waals surface area (Å²) in [5, 5.41) is 0. The number of nitrogens with zero attached hydrogens (tertiary/aromatic N) is 2. The second-order valence-corrected chi connectivity index (χ2v) is 11.6. The van der Waals surface area contributed by atoms with Gasteiger partial charge in [0.05, 0.1) is 6.61 Å². The van der Waals surface area contributed by atoms with E-state index in [-0.39, 0.29) is 6.09 Å². The zero-order chi connectivity index (χ0) is 21.3. The molecule has 4 aliphatic carbocycles. The number of hydrogen-bond donors (Lipinski definition) is 0. The average molecular weight is 415 g/mol. The zero-order valence-corrected chi connectivity index (χ0v) is 19.8. The molecule has 0 aromatic heterocycles. The predicted octanol–water partition coefficient (Wildman–Crippen LogP) is 5.34. The molecular formula is C26H42N2O2. The van der Waals surface area contributed by atoms with Crippen LogP contribution in [0.25, 0.3) is 0 Å². The third kappa shape index (κ3) is 2.77. The molecule has 8 atom stereocenters. The standard InChI is InChI=1S/C26H42N2O2/c1-6-30-24(29)28(5)19-11-13-25(3)18(15-19)7-8-20-22(25)12-14-26-16-27(4)17(2)21(26)9-10-23(20)26/h7,17,19-23H,6,8-16H2,1-5H3/t17-,19-,20+,21+,22-,23-,25-,26?/m0/s1. The summed E-state index contributed by atoms with van der Waals surface area (Å²) in [6.45, 7) is 8.74. The van der Waals surface area contributed by atoms with Gasteiger partial charge in [-0.3, -0.25) is 0 Å². The minimum absolute atomic E-state index is 0.156. The Labute approximate surface area is 183 Å². The molecule has 0 N–H and O–H groups in total. The molecule has 1 aliphatic heterocycles. The highest BCUT2D eigenvalue weighted by Gasteiger charge is 2.64. The maximum atomic E-state index is 12.3. The number of allylic oxidation sites excluding steroid dienone is 1. The van der Waals surface area contributed by atoms with Crippen LogP contribution >= 0.6 is 0 Å². The molecule has 0 aromatic rings. The SMILES string of the molecule is CCOC(=O)N(C)[C@H]1CC[C@@]2(C)C(=CC[C@H]3[C@@H]4CC[C@@H]5[C@H](C)N(C)CC54CC[C@@H]32)C1. The lowest BCUT2D eigenvalue weighted by molar-refractivity contribution is -0.0434. The highest BCUT2D eigenvalue weighted by molar-refractivity contribution is 5.67. The van der Waals surface area contributed by atoms with Crippen LogP contribution in [0.15, 0.2) is 11.6 Å². The number of carbonyl (C=O) groups is 1.